The van der Waals surface area contributed by atoms with Gasteiger partial charge in [-0.15, -0.1) is 11.6 Å². The number of hydrogen-bond acceptors (Lipinski definition) is 2. The van der Waals surface area contributed by atoms with E-state index < -0.39 is 10.2 Å². The number of rotatable bonds is 7. The van der Waals surface area contributed by atoms with E-state index in [2.05, 4.69) is 6.92 Å². The van der Waals surface area contributed by atoms with Crippen molar-refractivity contribution in [2.24, 2.45) is 5.92 Å². The largest absolute Gasteiger partial charge is 0.281 e. The monoisotopic (exact) mass is 296 g/mol. The summed E-state index contributed by atoms with van der Waals surface area (Å²) in [7, 11) is -1.57. The number of unbranched alkanes of at least 4 members (excludes halogenated alkanes) is 2. The van der Waals surface area contributed by atoms with Crippen LogP contribution in [0, 0.1) is 5.92 Å². The Kier molecular flexibility index (Phi) is 6.92. The Morgan fingerprint density at radius 3 is 2.67 bits per heavy atom. The molecule has 0 radical (unpaired) electrons. The zero-order valence-corrected chi connectivity index (χ0v) is 13.0. The van der Waals surface area contributed by atoms with E-state index >= 15 is 0 Å². The van der Waals surface area contributed by atoms with E-state index in [1.165, 1.54) is 4.31 Å². The first-order chi connectivity index (χ1) is 8.48. The molecule has 1 rings (SSSR count). The Hall–Kier alpha value is 0.160. The third-order valence-corrected chi connectivity index (χ3v) is 5.67. The molecule has 0 aromatic rings. The molecule has 1 heterocycles. The Labute approximate surface area is 116 Å². The van der Waals surface area contributed by atoms with E-state index in [-0.39, 0.29) is 0 Å². The quantitative estimate of drug-likeness (QED) is 0.534. The molecule has 0 spiro atoms. The minimum absolute atomic E-state index is 0.471. The second-order valence-electron chi connectivity index (χ2n) is 5.18. The standard InChI is InChI=1S/C12H25ClN2O2S/c1-12-7-6-10-15(11-12)18(16,17)14(2)9-5-3-4-8-13/h12H,3-11H2,1-2H3. The molecule has 1 fully saturated rings. The highest BCUT2D eigenvalue weighted by molar-refractivity contribution is 7.86. The van der Waals surface area contributed by atoms with Gasteiger partial charge in [-0.25, -0.2) is 0 Å². The molecule has 4 nitrogen and oxygen atoms in total. The van der Waals surface area contributed by atoms with E-state index in [4.69, 9.17) is 11.6 Å². The third-order valence-electron chi connectivity index (χ3n) is 3.45. The highest BCUT2D eigenvalue weighted by Gasteiger charge is 2.29. The van der Waals surface area contributed by atoms with Gasteiger partial charge in [0.2, 0.25) is 0 Å². The number of piperidine rings is 1. The molecule has 0 aromatic carbocycles. The van der Waals surface area contributed by atoms with Gasteiger partial charge in [0, 0.05) is 32.6 Å². The number of nitrogens with zero attached hydrogens (tertiary/aromatic N) is 2. The minimum atomic E-state index is -3.25. The Balaban J connectivity index is 2.45. The van der Waals surface area contributed by atoms with Crippen LogP contribution in [0.4, 0.5) is 0 Å². The first kappa shape index (κ1) is 16.2. The van der Waals surface area contributed by atoms with Crippen LogP contribution < -0.4 is 0 Å². The molecule has 1 unspecified atom stereocenters. The molecule has 6 heteroatoms. The fraction of sp³-hybridized carbons (Fsp3) is 1.00. The molecule has 0 amide bonds. The van der Waals surface area contributed by atoms with Crippen LogP contribution in [0.3, 0.4) is 0 Å². The lowest BCUT2D eigenvalue weighted by Gasteiger charge is -2.33. The Bertz CT molecular complexity index is 335. The second-order valence-corrected chi connectivity index (χ2v) is 7.60. The molecular weight excluding hydrogens is 272 g/mol. The van der Waals surface area contributed by atoms with Crippen LogP contribution in [-0.4, -0.2) is 49.6 Å². The van der Waals surface area contributed by atoms with E-state index in [0.717, 1.165) is 32.1 Å². The third kappa shape index (κ3) is 4.68. The van der Waals surface area contributed by atoms with Gasteiger partial charge in [-0.3, -0.25) is 0 Å². The summed E-state index contributed by atoms with van der Waals surface area (Å²) in [4.78, 5) is 0. The summed E-state index contributed by atoms with van der Waals surface area (Å²) < 4.78 is 27.8. The molecule has 0 N–H and O–H groups in total. The molecule has 1 aliphatic rings. The van der Waals surface area contributed by atoms with Gasteiger partial charge >= 0.3 is 0 Å². The summed E-state index contributed by atoms with van der Waals surface area (Å²) in [6.07, 6.45) is 4.92. The number of alkyl halides is 1. The zero-order valence-electron chi connectivity index (χ0n) is 11.4. The fourth-order valence-corrected chi connectivity index (χ4v) is 4.02. The Morgan fingerprint density at radius 2 is 2.06 bits per heavy atom. The summed E-state index contributed by atoms with van der Waals surface area (Å²) >= 11 is 5.60. The van der Waals surface area contributed by atoms with Gasteiger partial charge in [0.05, 0.1) is 0 Å². The topological polar surface area (TPSA) is 40.6 Å². The van der Waals surface area contributed by atoms with E-state index in [9.17, 15) is 8.42 Å². The van der Waals surface area contributed by atoms with Crippen LogP contribution in [0.5, 0.6) is 0 Å². The summed E-state index contributed by atoms with van der Waals surface area (Å²) in [5.74, 6) is 1.12. The second kappa shape index (κ2) is 7.68. The highest BCUT2D eigenvalue weighted by atomic mass is 35.5. The lowest BCUT2D eigenvalue weighted by atomic mass is 10.0. The van der Waals surface area contributed by atoms with Crippen LogP contribution >= 0.6 is 11.6 Å². The fourth-order valence-electron chi connectivity index (χ4n) is 2.27. The molecule has 1 atom stereocenters. The molecule has 108 valence electrons. The minimum Gasteiger partial charge on any atom is -0.195 e. The van der Waals surface area contributed by atoms with Crippen molar-refractivity contribution in [1.29, 1.82) is 0 Å². The van der Waals surface area contributed by atoms with Gasteiger partial charge in [0.15, 0.2) is 0 Å². The van der Waals surface area contributed by atoms with Gasteiger partial charge in [-0.1, -0.05) is 13.3 Å². The van der Waals surface area contributed by atoms with Crippen molar-refractivity contribution >= 4 is 21.8 Å². The maximum atomic E-state index is 12.3. The van der Waals surface area contributed by atoms with E-state index in [0.29, 0.717) is 31.4 Å². The van der Waals surface area contributed by atoms with Crippen molar-refractivity contribution in [2.45, 2.75) is 39.0 Å². The average molecular weight is 297 g/mol. The molecule has 1 aliphatic heterocycles. The smallest absolute Gasteiger partial charge is 0.195 e. The highest BCUT2D eigenvalue weighted by Crippen LogP contribution is 2.20. The van der Waals surface area contributed by atoms with Gasteiger partial charge in [0.25, 0.3) is 10.2 Å². The average Bonchev–Trinajstić information content (AvgIpc) is 2.34. The van der Waals surface area contributed by atoms with Crippen molar-refractivity contribution < 1.29 is 8.42 Å². The predicted octanol–water partition coefficient (Wildman–Crippen LogP) is 2.30. The van der Waals surface area contributed by atoms with Crippen LogP contribution in [0.2, 0.25) is 0 Å². The molecule has 18 heavy (non-hydrogen) atoms. The van der Waals surface area contributed by atoms with Crippen LogP contribution in [-0.2, 0) is 10.2 Å². The van der Waals surface area contributed by atoms with Gasteiger partial charge in [0.1, 0.15) is 0 Å². The van der Waals surface area contributed by atoms with E-state index in [1.54, 1.807) is 11.4 Å². The SMILES string of the molecule is CC1CCCN(S(=O)(=O)N(C)CCCCCCl)C1. The van der Waals surface area contributed by atoms with Crippen LogP contribution in [0.1, 0.15) is 39.0 Å². The lowest BCUT2D eigenvalue weighted by molar-refractivity contribution is 0.263. The van der Waals surface area contributed by atoms with Crippen molar-refractivity contribution in [2.75, 3.05) is 32.6 Å². The molecule has 0 bridgehead atoms. The van der Waals surface area contributed by atoms with Crippen LogP contribution in [0.25, 0.3) is 0 Å². The van der Waals surface area contributed by atoms with Crippen LogP contribution in [0.15, 0.2) is 0 Å². The van der Waals surface area contributed by atoms with Crippen molar-refractivity contribution in [1.82, 2.24) is 8.61 Å². The molecule has 0 aromatic heterocycles. The molecular formula is C12H25ClN2O2S. The summed E-state index contributed by atoms with van der Waals surface area (Å²) in [5, 5.41) is 0. The van der Waals surface area contributed by atoms with Crippen molar-refractivity contribution in [3.63, 3.8) is 0 Å². The number of hydrogen-bond donors (Lipinski definition) is 0. The van der Waals surface area contributed by atoms with Gasteiger partial charge < -0.3 is 0 Å². The summed E-state index contributed by atoms with van der Waals surface area (Å²) in [5.41, 5.74) is 0. The summed E-state index contributed by atoms with van der Waals surface area (Å²) in [6, 6.07) is 0. The van der Waals surface area contributed by atoms with Gasteiger partial charge in [-0.2, -0.15) is 17.0 Å². The van der Waals surface area contributed by atoms with E-state index in [1.807, 2.05) is 0 Å². The molecule has 1 saturated heterocycles. The number of halogens is 1. The predicted molar refractivity (Wildman–Crippen MR) is 76.1 cm³/mol. The zero-order chi connectivity index (χ0) is 13.6. The van der Waals surface area contributed by atoms with Crippen molar-refractivity contribution in [3.05, 3.63) is 0 Å². The maximum absolute atomic E-state index is 12.3. The summed E-state index contributed by atoms with van der Waals surface area (Å²) in [6.45, 7) is 4.03. The van der Waals surface area contributed by atoms with Gasteiger partial charge in [-0.05, 0) is 31.6 Å². The first-order valence-electron chi connectivity index (χ1n) is 6.76. The molecule has 0 saturated carbocycles. The maximum Gasteiger partial charge on any atom is 0.281 e. The molecule has 0 aliphatic carbocycles. The first-order valence-corrected chi connectivity index (χ1v) is 8.69. The Morgan fingerprint density at radius 1 is 1.33 bits per heavy atom. The van der Waals surface area contributed by atoms with Crippen molar-refractivity contribution in [3.8, 4) is 0 Å². The normalized spacial score (nSPS) is 22.6. The lowest BCUT2D eigenvalue weighted by Crippen LogP contribution is -2.46.